The topological polar surface area (TPSA) is 35.2 Å². The lowest BCUT2D eigenvalue weighted by atomic mass is 9.90. The molecule has 2 nitrogen and oxygen atoms in total. The van der Waals surface area contributed by atoms with Crippen molar-refractivity contribution < 1.29 is 4.74 Å². The Morgan fingerprint density at radius 2 is 1.58 bits per heavy atom. The third-order valence-electron chi connectivity index (χ3n) is 1.87. The fourth-order valence-electron chi connectivity index (χ4n) is 0.736. The van der Waals surface area contributed by atoms with Crippen LogP contribution in [0.5, 0.6) is 0 Å². The van der Waals surface area contributed by atoms with E-state index in [2.05, 4.69) is 34.6 Å². The Morgan fingerprint density at radius 1 is 1.08 bits per heavy atom. The van der Waals surface area contributed by atoms with Crippen molar-refractivity contribution in [1.29, 1.82) is 0 Å². The van der Waals surface area contributed by atoms with E-state index in [1.165, 1.54) is 0 Å². The highest BCUT2D eigenvalue weighted by Gasteiger charge is 2.17. The molecule has 0 saturated carbocycles. The molecule has 0 aliphatic rings. The Labute approximate surface area is 76.5 Å². The van der Waals surface area contributed by atoms with Crippen LogP contribution in [0, 0.1) is 5.41 Å². The first-order valence-electron chi connectivity index (χ1n) is 4.61. The van der Waals surface area contributed by atoms with Gasteiger partial charge in [0, 0.05) is 6.61 Å². The van der Waals surface area contributed by atoms with E-state index in [0.717, 1.165) is 19.6 Å². The van der Waals surface area contributed by atoms with Crippen molar-refractivity contribution in [3.05, 3.63) is 0 Å². The van der Waals surface area contributed by atoms with E-state index in [0.29, 0.717) is 0 Å². The SMILES string of the molecule is CC(C)(CN)CCOC(C)(C)C. The number of hydrogen-bond donors (Lipinski definition) is 1. The molecule has 0 saturated heterocycles. The molecule has 0 atom stereocenters. The van der Waals surface area contributed by atoms with Crippen molar-refractivity contribution in [1.82, 2.24) is 0 Å². The van der Waals surface area contributed by atoms with Crippen molar-refractivity contribution in [2.75, 3.05) is 13.2 Å². The summed E-state index contributed by atoms with van der Waals surface area (Å²) in [5, 5.41) is 0. The Balaban J connectivity index is 3.57. The number of nitrogens with two attached hydrogens (primary N) is 1. The molecule has 0 aromatic carbocycles. The second-order valence-corrected chi connectivity index (χ2v) is 5.08. The van der Waals surface area contributed by atoms with Crippen LogP contribution in [0.4, 0.5) is 0 Å². The van der Waals surface area contributed by atoms with Gasteiger partial charge in [0.15, 0.2) is 0 Å². The molecule has 2 N–H and O–H groups in total. The normalized spacial score (nSPS) is 13.5. The molecule has 0 aromatic rings. The minimum Gasteiger partial charge on any atom is -0.376 e. The van der Waals surface area contributed by atoms with Crippen molar-refractivity contribution >= 4 is 0 Å². The molecule has 0 amide bonds. The third kappa shape index (κ3) is 6.62. The van der Waals surface area contributed by atoms with Crippen molar-refractivity contribution in [3.63, 3.8) is 0 Å². The summed E-state index contributed by atoms with van der Waals surface area (Å²) in [6, 6.07) is 0. The molecular formula is C10H23NO. The average molecular weight is 173 g/mol. The highest BCUT2D eigenvalue weighted by Crippen LogP contribution is 2.19. The molecule has 0 aromatic heterocycles. The maximum atomic E-state index is 5.61. The highest BCUT2D eigenvalue weighted by atomic mass is 16.5. The van der Waals surface area contributed by atoms with Gasteiger partial charge in [-0.2, -0.15) is 0 Å². The Kier molecular flexibility index (Phi) is 4.21. The first-order chi connectivity index (χ1) is 5.27. The predicted octanol–water partition coefficient (Wildman–Crippen LogP) is 2.18. The standard InChI is InChI=1S/C10H23NO/c1-9(2,3)12-7-6-10(4,5)8-11/h6-8,11H2,1-5H3. The van der Waals surface area contributed by atoms with Gasteiger partial charge in [0.2, 0.25) is 0 Å². The summed E-state index contributed by atoms with van der Waals surface area (Å²) in [4.78, 5) is 0. The van der Waals surface area contributed by atoms with Gasteiger partial charge in [-0.3, -0.25) is 0 Å². The van der Waals surface area contributed by atoms with Gasteiger partial charge >= 0.3 is 0 Å². The first-order valence-corrected chi connectivity index (χ1v) is 4.61. The van der Waals surface area contributed by atoms with Crippen molar-refractivity contribution in [2.24, 2.45) is 11.1 Å². The zero-order valence-electron chi connectivity index (χ0n) is 9.11. The molecule has 74 valence electrons. The van der Waals surface area contributed by atoms with Crippen molar-refractivity contribution in [2.45, 2.75) is 46.6 Å². The predicted molar refractivity (Wildman–Crippen MR) is 53.2 cm³/mol. The van der Waals surface area contributed by atoms with Gasteiger partial charge in [-0.1, -0.05) is 13.8 Å². The molecule has 0 heterocycles. The highest BCUT2D eigenvalue weighted by molar-refractivity contribution is 4.69. The summed E-state index contributed by atoms with van der Waals surface area (Å²) < 4.78 is 5.61. The summed E-state index contributed by atoms with van der Waals surface area (Å²) in [7, 11) is 0. The minimum atomic E-state index is -0.0231. The Morgan fingerprint density at radius 3 is 1.92 bits per heavy atom. The van der Waals surface area contributed by atoms with Gasteiger partial charge in [0.1, 0.15) is 0 Å². The zero-order valence-corrected chi connectivity index (χ0v) is 9.11. The summed E-state index contributed by atoms with van der Waals surface area (Å²) in [6.45, 7) is 12.1. The molecule has 0 unspecified atom stereocenters. The monoisotopic (exact) mass is 173 g/mol. The van der Waals surface area contributed by atoms with Crippen LogP contribution in [0.2, 0.25) is 0 Å². The van der Waals surface area contributed by atoms with E-state index in [9.17, 15) is 0 Å². The van der Waals surface area contributed by atoms with Crippen LogP contribution in [-0.4, -0.2) is 18.8 Å². The van der Waals surface area contributed by atoms with Crippen LogP contribution in [0.15, 0.2) is 0 Å². The fraction of sp³-hybridized carbons (Fsp3) is 1.00. The van der Waals surface area contributed by atoms with Crippen LogP contribution in [-0.2, 0) is 4.74 Å². The number of ether oxygens (including phenoxy) is 1. The number of rotatable bonds is 4. The first kappa shape index (κ1) is 11.9. The lowest BCUT2D eigenvalue weighted by Crippen LogP contribution is -2.28. The molecule has 0 bridgehead atoms. The molecule has 0 fully saturated rings. The van der Waals surface area contributed by atoms with Crippen LogP contribution in [0.1, 0.15) is 41.0 Å². The van der Waals surface area contributed by atoms with Crippen LogP contribution >= 0.6 is 0 Å². The summed E-state index contributed by atoms with van der Waals surface area (Å²) in [5.74, 6) is 0. The summed E-state index contributed by atoms with van der Waals surface area (Å²) in [6.07, 6.45) is 1.03. The van der Waals surface area contributed by atoms with E-state index in [1.54, 1.807) is 0 Å². The van der Waals surface area contributed by atoms with Crippen LogP contribution in [0.3, 0.4) is 0 Å². The quantitative estimate of drug-likeness (QED) is 0.707. The summed E-state index contributed by atoms with van der Waals surface area (Å²) in [5.41, 5.74) is 5.79. The largest absolute Gasteiger partial charge is 0.376 e. The molecule has 0 radical (unpaired) electrons. The molecule has 12 heavy (non-hydrogen) atoms. The van der Waals surface area contributed by atoms with E-state index in [4.69, 9.17) is 10.5 Å². The van der Waals surface area contributed by atoms with E-state index in [-0.39, 0.29) is 11.0 Å². The van der Waals surface area contributed by atoms with Crippen LogP contribution in [0.25, 0.3) is 0 Å². The van der Waals surface area contributed by atoms with Gasteiger partial charge < -0.3 is 10.5 Å². The molecule has 0 aliphatic carbocycles. The maximum absolute atomic E-state index is 5.61. The van der Waals surface area contributed by atoms with Gasteiger partial charge in [-0.15, -0.1) is 0 Å². The van der Waals surface area contributed by atoms with E-state index < -0.39 is 0 Å². The van der Waals surface area contributed by atoms with Gasteiger partial charge in [0.05, 0.1) is 5.60 Å². The Hall–Kier alpha value is -0.0800. The molecule has 0 rings (SSSR count). The minimum absolute atomic E-state index is 0.0231. The molecular weight excluding hydrogens is 150 g/mol. The maximum Gasteiger partial charge on any atom is 0.0598 e. The van der Waals surface area contributed by atoms with Crippen LogP contribution < -0.4 is 5.73 Å². The fourth-order valence-corrected chi connectivity index (χ4v) is 0.736. The third-order valence-corrected chi connectivity index (χ3v) is 1.87. The second-order valence-electron chi connectivity index (χ2n) is 5.08. The zero-order chi connectivity index (χ0) is 9.83. The van der Waals surface area contributed by atoms with Gasteiger partial charge in [0.25, 0.3) is 0 Å². The van der Waals surface area contributed by atoms with Gasteiger partial charge in [-0.25, -0.2) is 0 Å². The molecule has 0 aliphatic heterocycles. The molecule has 2 heteroatoms. The van der Waals surface area contributed by atoms with Gasteiger partial charge in [-0.05, 0) is 39.2 Å². The smallest absolute Gasteiger partial charge is 0.0598 e. The average Bonchev–Trinajstić information content (AvgIpc) is 1.84. The lowest BCUT2D eigenvalue weighted by molar-refractivity contribution is -0.0147. The number of hydrogen-bond acceptors (Lipinski definition) is 2. The molecule has 0 spiro atoms. The van der Waals surface area contributed by atoms with E-state index in [1.807, 2.05) is 0 Å². The Bertz CT molecular complexity index is 124. The van der Waals surface area contributed by atoms with E-state index >= 15 is 0 Å². The second kappa shape index (κ2) is 4.24. The summed E-state index contributed by atoms with van der Waals surface area (Å²) >= 11 is 0. The lowest BCUT2D eigenvalue weighted by Gasteiger charge is -2.25. The van der Waals surface area contributed by atoms with Crippen molar-refractivity contribution in [3.8, 4) is 0 Å².